The van der Waals surface area contributed by atoms with Crippen molar-refractivity contribution in [2.24, 2.45) is 0 Å². The van der Waals surface area contributed by atoms with Crippen LogP contribution in [-0.4, -0.2) is 35.0 Å². The first-order chi connectivity index (χ1) is 9.18. The number of carbonyl (C=O) groups is 1. The number of hydrogen-bond acceptors (Lipinski definition) is 4. The minimum Gasteiger partial charge on any atom is -0.390 e. The molecule has 1 aromatic rings. The van der Waals surface area contributed by atoms with E-state index in [1.807, 2.05) is 0 Å². The van der Waals surface area contributed by atoms with Gasteiger partial charge in [-0.2, -0.15) is 4.39 Å². The second-order valence-corrected chi connectivity index (χ2v) is 3.74. The number of rotatable bonds is 5. The van der Waals surface area contributed by atoms with Crippen LogP contribution in [0.2, 0.25) is 0 Å². The lowest BCUT2D eigenvalue weighted by atomic mass is 10.1. The monoisotopic (exact) mass is 296 g/mol. The zero-order valence-electron chi connectivity index (χ0n) is 9.70. The molecule has 0 atom stereocenters. The Morgan fingerprint density at radius 3 is 2.50 bits per heavy atom. The molecule has 0 saturated carbocycles. The van der Waals surface area contributed by atoms with Gasteiger partial charge in [-0.1, -0.05) is 0 Å². The summed E-state index contributed by atoms with van der Waals surface area (Å²) in [7, 11) is 0. The topological polar surface area (TPSA) is 92.5 Å². The Balaban J connectivity index is 3.02. The van der Waals surface area contributed by atoms with Crippen molar-refractivity contribution in [1.82, 2.24) is 5.32 Å². The van der Waals surface area contributed by atoms with Crippen LogP contribution in [0.15, 0.2) is 12.1 Å². The lowest BCUT2D eigenvalue weighted by Gasteiger charge is -2.14. The Hall–Kier alpha value is -2.23. The van der Waals surface area contributed by atoms with E-state index in [1.165, 1.54) is 0 Å². The van der Waals surface area contributed by atoms with Gasteiger partial charge in [0, 0.05) is 0 Å². The van der Waals surface area contributed by atoms with Gasteiger partial charge in [-0.25, -0.2) is 13.2 Å². The highest BCUT2D eigenvalue weighted by atomic mass is 19.3. The van der Waals surface area contributed by atoms with Gasteiger partial charge < -0.3 is 10.4 Å². The van der Waals surface area contributed by atoms with Crippen LogP contribution in [0.4, 0.5) is 23.2 Å². The Bertz CT molecular complexity index is 550. The number of nitrogens with zero attached hydrogens (tertiary/aromatic N) is 1. The van der Waals surface area contributed by atoms with Gasteiger partial charge in [0.25, 0.3) is 11.8 Å². The smallest absolute Gasteiger partial charge is 0.308 e. The zero-order chi connectivity index (χ0) is 15.5. The number of halogens is 4. The van der Waals surface area contributed by atoms with Gasteiger partial charge in [0.1, 0.15) is 12.4 Å². The molecular weight excluding hydrogens is 288 g/mol. The summed E-state index contributed by atoms with van der Waals surface area (Å²) >= 11 is 0. The van der Waals surface area contributed by atoms with Gasteiger partial charge in [0.05, 0.1) is 23.1 Å². The number of nitro benzene ring substituents is 1. The molecule has 2 N–H and O–H groups in total. The Labute approximate surface area is 109 Å². The fourth-order valence-electron chi connectivity index (χ4n) is 1.23. The first-order valence-corrected chi connectivity index (χ1v) is 5.08. The molecule has 0 spiro atoms. The first kappa shape index (κ1) is 15.8. The van der Waals surface area contributed by atoms with Crippen LogP contribution in [0, 0.1) is 21.7 Å². The highest BCUT2D eigenvalue weighted by Gasteiger charge is 2.30. The Morgan fingerprint density at radius 2 is 2.00 bits per heavy atom. The number of nitrogens with one attached hydrogen (secondary N) is 1. The predicted molar refractivity (Wildman–Crippen MR) is 57.4 cm³/mol. The molecule has 0 unspecified atom stereocenters. The molecule has 0 aliphatic heterocycles. The van der Waals surface area contributed by atoms with E-state index in [4.69, 9.17) is 5.11 Å². The van der Waals surface area contributed by atoms with Crippen LogP contribution in [0.25, 0.3) is 0 Å². The van der Waals surface area contributed by atoms with E-state index < -0.39 is 52.8 Å². The van der Waals surface area contributed by atoms with Gasteiger partial charge in [-0.05, 0) is 6.07 Å². The molecule has 1 rings (SSSR count). The van der Waals surface area contributed by atoms with Crippen molar-refractivity contribution in [3.63, 3.8) is 0 Å². The Morgan fingerprint density at radius 1 is 1.40 bits per heavy atom. The first-order valence-electron chi connectivity index (χ1n) is 5.08. The molecule has 20 heavy (non-hydrogen) atoms. The summed E-state index contributed by atoms with van der Waals surface area (Å²) in [5.41, 5.74) is -2.37. The molecule has 0 aromatic heterocycles. The second-order valence-electron chi connectivity index (χ2n) is 3.74. The van der Waals surface area contributed by atoms with Crippen molar-refractivity contribution < 1.29 is 32.4 Å². The highest BCUT2D eigenvalue weighted by Crippen LogP contribution is 2.22. The normalized spacial score (nSPS) is 11.2. The van der Waals surface area contributed by atoms with Gasteiger partial charge in [0.2, 0.25) is 5.82 Å². The number of carbonyl (C=O) groups excluding carboxylic acids is 1. The summed E-state index contributed by atoms with van der Waals surface area (Å²) in [6.07, 6.45) is 0. The summed E-state index contributed by atoms with van der Waals surface area (Å²) < 4.78 is 51.9. The molecule has 0 aliphatic carbocycles. The molecule has 110 valence electrons. The number of benzene rings is 1. The molecule has 1 amide bonds. The summed E-state index contributed by atoms with van der Waals surface area (Å²) in [5.74, 6) is -8.01. The molecule has 1 aromatic carbocycles. The van der Waals surface area contributed by atoms with Crippen LogP contribution in [0.3, 0.4) is 0 Å². The van der Waals surface area contributed by atoms with Gasteiger partial charge in [-0.3, -0.25) is 14.9 Å². The van der Waals surface area contributed by atoms with Crippen LogP contribution in [0.5, 0.6) is 0 Å². The van der Waals surface area contributed by atoms with Gasteiger partial charge >= 0.3 is 5.69 Å². The largest absolute Gasteiger partial charge is 0.390 e. The highest BCUT2D eigenvalue weighted by molar-refractivity contribution is 5.95. The van der Waals surface area contributed by atoms with E-state index in [1.54, 1.807) is 5.32 Å². The van der Waals surface area contributed by atoms with E-state index in [2.05, 4.69) is 0 Å². The van der Waals surface area contributed by atoms with Crippen LogP contribution < -0.4 is 5.32 Å². The third-order valence-corrected chi connectivity index (χ3v) is 2.20. The average Bonchev–Trinajstić information content (AvgIpc) is 2.38. The van der Waals surface area contributed by atoms with Gasteiger partial charge in [-0.15, -0.1) is 0 Å². The van der Waals surface area contributed by atoms with E-state index in [-0.39, 0.29) is 6.07 Å². The lowest BCUT2D eigenvalue weighted by molar-refractivity contribution is -0.387. The molecule has 0 radical (unpaired) electrons. The van der Waals surface area contributed by atoms with E-state index >= 15 is 0 Å². The molecular formula is C10H8F4N2O4. The minimum absolute atomic E-state index is 0.258. The van der Waals surface area contributed by atoms with Crippen molar-refractivity contribution in [2.75, 3.05) is 13.2 Å². The maximum absolute atomic E-state index is 13.5. The van der Waals surface area contributed by atoms with Gasteiger partial charge in [0.15, 0.2) is 0 Å². The van der Waals surface area contributed by atoms with Crippen LogP contribution in [-0.2, 0) is 0 Å². The van der Waals surface area contributed by atoms with E-state index in [0.29, 0.717) is 6.07 Å². The number of amides is 1. The third-order valence-electron chi connectivity index (χ3n) is 2.20. The number of aliphatic hydroxyl groups is 1. The maximum Gasteiger partial charge on any atom is 0.308 e. The summed E-state index contributed by atoms with van der Waals surface area (Å²) in [6.45, 7) is -2.88. The number of hydrogen-bond donors (Lipinski definition) is 2. The summed E-state index contributed by atoms with van der Waals surface area (Å²) in [5, 5.41) is 20.2. The molecule has 0 bridgehead atoms. The van der Waals surface area contributed by atoms with Crippen molar-refractivity contribution in [3.05, 3.63) is 39.4 Å². The zero-order valence-corrected chi connectivity index (χ0v) is 9.70. The van der Waals surface area contributed by atoms with Crippen molar-refractivity contribution in [2.45, 2.75) is 5.92 Å². The number of aliphatic hydroxyl groups excluding tert-OH is 1. The summed E-state index contributed by atoms with van der Waals surface area (Å²) in [4.78, 5) is 20.6. The quantitative estimate of drug-likeness (QED) is 0.485. The number of alkyl halides is 2. The van der Waals surface area contributed by atoms with E-state index in [0.717, 1.165) is 0 Å². The van der Waals surface area contributed by atoms with Crippen molar-refractivity contribution in [3.8, 4) is 0 Å². The Kier molecular flexibility index (Phi) is 4.61. The molecule has 0 heterocycles. The third kappa shape index (κ3) is 3.63. The van der Waals surface area contributed by atoms with Crippen molar-refractivity contribution in [1.29, 1.82) is 0 Å². The van der Waals surface area contributed by atoms with Crippen molar-refractivity contribution >= 4 is 11.6 Å². The molecule has 10 heteroatoms. The minimum atomic E-state index is -3.65. The SMILES string of the molecule is O=C(NCC(F)(F)CO)c1cc(F)cc([N+](=O)[O-])c1F. The fourth-order valence-corrected chi connectivity index (χ4v) is 1.23. The maximum atomic E-state index is 13.5. The summed E-state index contributed by atoms with van der Waals surface area (Å²) in [6, 6.07) is 0.600. The van der Waals surface area contributed by atoms with Crippen LogP contribution >= 0.6 is 0 Å². The predicted octanol–water partition coefficient (Wildman–Crippen LogP) is 1.23. The second kappa shape index (κ2) is 5.82. The van der Waals surface area contributed by atoms with Crippen LogP contribution in [0.1, 0.15) is 10.4 Å². The standard InChI is InChI=1S/C10H8F4N2O4/c11-5-1-6(8(12)7(2-5)16(19)20)9(18)15-3-10(13,14)4-17/h1-2,17H,3-4H2,(H,15,18). The fraction of sp³-hybridized carbons (Fsp3) is 0.300. The van der Waals surface area contributed by atoms with E-state index in [9.17, 15) is 32.5 Å². The molecule has 6 nitrogen and oxygen atoms in total. The lowest BCUT2D eigenvalue weighted by Crippen LogP contribution is -2.39. The molecule has 0 saturated heterocycles. The number of nitro groups is 1. The molecule has 0 aliphatic rings. The average molecular weight is 296 g/mol. The molecule has 0 fully saturated rings.